The first-order chi connectivity index (χ1) is 11.6. The van der Waals surface area contributed by atoms with Crippen molar-refractivity contribution >= 4 is 12.4 Å². The molecule has 0 saturated carbocycles. The highest BCUT2D eigenvalue weighted by atomic mass is 35.5. The standard InChI is InChI=1S/C10H22NO3.C6H15NO3.2ClH/c1-2-3-4-11(5-8-12,6-9-13)7-10-14;8-4-1-7(2-5-9)3-6-10;;/h2-3,12-14H,4-10H2,1H3;8-10H,1-6H2;2*1H/q+1;;;/p-1. The van der Waals surface area contributed by atoms with Gasteiger partial charge in [0, 0.05) is 19.6 Å². The summed E-state index contributed by atoms with van der Waals surface area (Å²) in [5.74, 6) is 0. The van der Waals surface area contributed by atoms with Gasteiger partial charge >= 0.3 is 0 Å². The quantitative estimate of drug-likeness (QED) is 0.122. The Labute approximate surface area is 169 Å². The van der Waals surface area contributed by atoms with Crippen molar-refractivity contribution in [1.82, 2.24) is 4.90 Å². The van der Waals surface area contributed by atoms with Gasteiger partial charge in [0.1, 0.15) is 19.6 Å². The van der Waals surface area contributed by atoms with Crippen LogP contribution in [-0.2, 0) is 0 Å². The van der Waals surface area contributed by atoms with Gasteiger partial charge in [-0.2, -0.15) is 0 Å². The van der Waals surface area contributed by atoms with E-state index in [-0.39, 0.29) is 64.5 Å². The Balaban J connectivity index is -0.000000181. The molecule has 26 heavy (non-hydrogen) atoms. The van der Waals surface area contributed by atoms with E-state index in [1.54, 1.807) is 4.90 Å². The number of halogens is 2. The summed E-state index contributed by atoms with van der Waals surface area (Å²) in [5, 5.41) is 52.3. The Hall–Kier alpha value is 0. The second-order valence-electron chi connectivity index (χ2n) is 5.45. The first kappa shape index (κ1) is 33.6. The molecule has 0 amide bonds. The Kier molecular flexibility index (Phi) is 32.3. The molecule has 0 bridgehead atoms. The van der Waals surface area contributed by atoms with Crippen molar-refractivity contribution in [3.63, 3.8) is 0 Å². The topological polar surface area (TPSA) is 125 Å². The summed E-state index contributed by atoms with van der Waals surface area (Å²) in [7, 11) is 0. The van der Waals surface area contributed by atoms with Crippen LogP contribution < -0.4 is 12.4 Å². The van der Waals surface area contributed by atoms with Gasteiger partial charge in [-0.25, -0.2) is 0 Å². The largest absolute Gasteiger partial charge is 1.00 e. The summed E-state index contributed by atoms with van der Waals surface area (Å²) in [4.78, 5) is 1.79. The monoisotopic (exact) mass is 424 g/mol. The van der Waals surface area contributed by atoms with Gasteiger partial charge < -0.3 is 47.5 Å². The van der Waals surface area contributed by atoms with E-state index in [9.17, 15) is 0 Å². The number of rotatable bonds is 14. The zero-order valence-electron chi connectivity index (χ0n) is 15.7. The highest BCUT2D eigenvalue weighted by Crippen LogP contribution is 2.06. The molecule has 0 atom stereocenters. The fraction of sp³-hybridized carbons (Fsp3) is 0.875. The third-order valence-electron chi connectivity index (χ3n) is 3.70. The number of aliphatic hydroxyl groups is 6. The summed E-state index contributed by atoms with van der Waals surface area (Å²) in [6.45, 7) is 6.40. The lowest BCUT2D eigenvalue weighted by molar-refractivity contribution is -0.923. The van der Waals surface area contributed by atoms with Crippen molar-refractivity contribution in [1.29, 1.82) is 0 Å². The van der Waals surface area contributed by atoms with Crippen LogP contribution >= 0.6 is 12.4 Å². The maximum absolute atomic E-state index is 8.95. The van der Waals surface area contributed by atoms with Crippen molar-refractivity contribution in [2.75, 3.05) is 85.5 Å². The van der Waals surface area contributed by atoms with Gasteiger partial charge in [0.15, 0.2) is 0 Å². The second kappa shape index (κ2) is 25.0. The molecule has 0 spiro atoms. The molecule has 162 valence electrons. The van der Waals surface area contributed by atoms with Crippen molar-refractivity contribution < 1.29 is 47.5 Å². The van der Waals surface area contributed by atoms with Gasteiger partial charge in [0.05, 0.1) is 46.2 Å². The molecule has 0 rings (SSSR count). The molecule has 0 aromatic rings. The number of hydrogen-bond donors (Lipinski definition) is 6. The molecule has 0 aromatic carbocycles. The fourth-order valence-electron chi connectivity index (χ4n) is 2.33. The SMILES string of the molecule is CC=CC[N+](CCO)(CCO)CCO.Cl.OCCN(CCO)CCO.[Cl-]. The molecule has 8 nitrogen and oxygen atoms in total. The lowest BCUT2D eigenvalue weighted by Gasteiger charge is -2.36. The summed E-state index contributed by atoms with van der Waals surface area (Å²) >= 11 is 0. The predicted octanol–water partition coefficient (Wildman–Crippen LogP) is -4.95. The van der Waals surface area contributed by atoms with Crippen LogP contribution in [0.3, 0.4) is 0 Å². The lowest BCUT2D eigenvalue weighted by Crippen LogP contribution is -3.00. The van der Waals surface area contributed by atoms with Gasteiger partial charge in [0.2, 0.25) is 0 Å². The number of allylic oxidation sites excluding steroid dienone is 1. The third-order valence-corrected chi connectivity index (χ3v) is 3.70. The van der Waals surface area contributed by atoms with Gasteiger partial charge in [-0.15, -0.1) is 12.4 Å². The zero-order valence-corrected chi connectivity index (χ0v) is 17.3. The van der Waals surface area contributed by atoms with Crippen LogP contribution in [0.25, 0.3) is 0 Å². The zero-order chi connectivity index (χ0) is 18.7. The van der Waals surface area contributed by atoms with Crippen LogP contribution in [0.1, 0.15) is 6.92 Å². The molecule has 0 aliphatic rings. The van der Waals surface area contributed by atoms with Crippen LogP contribution in [0, 0.1) is 0 Å². The third kappa shape index (κ3) is 18.8. The van der Waals surface area contributed by atoms with Crippen LogP contribution in [-0.4, -0.2) is 125 Å². The van der Waals surface area contributed by atoms with E-state index in [4.69, 9.17) is 30.6 Å². The fourth-order valence-corrected chi connectivity index (χ4v) is 2.33. The van der Waals surface area contributed by atoms with Gasteiger partial charge in [-0.3, -0.25) is 4.90 Å². The highest BCUT2D eigenvalue weighted by Gasteiger charge is 2.23. The molecule has 0 fully saturated rings. The van der Waals surface area contributed by atoms with Gasteiger partial charge in [-0.1, -0.05) is 6.08 Å². The minimum absolute atomic E-state index is 0. The summed E-state index contributed by atoms with van der Waals surface area (Å²) in [5.41, 5.74) is 0. The second-order valence-corrected chi connectivity index (χ2v) is 5.45. The molecule has 0 radical (unpaired) electrons. The van der Waals surface area contributed by atoms with Crippen LogP contribution in [0.5, 0.6) is 0 Å². The van der Waals surface area contributed by atoms with E-state index in [2.05, 4.69) is 0 Å². The maximum Gasteiger partial charge on any atom is 0.102 e. The summed E-state index contributed by atoms with van der Waals surface area (Å²) < 4.78 is 0.549. The average molecular weight is 425 g/mol. The van der Waals surface area contributed by atoms with Gasteiger partial charge in [-0.05, 0) is 13.0 Å². The van der Waals surface area contributed by atoms with E-state index in [1.165, 1.54) is 0 Å². The molecule has 0 aliphatic heterocycles. The molecule has 0 saturated heterocycles. The summed E-state index contributed by atoms with van der Waals surface area (Å²) in [6, 6.07) is 0. The van der Waals surface area contributed by atoms with E-state index in [1.807, 2.05) is 19.1 Å². The van der Waals surface area contributed by atoms with Crippen LogP contribution in [0.2, 0.25) is 0 Å². The Morgan fingerprint density at radius 3 is 1.27 bits per heavy atom. The van der Waals surface area contributed by atoms with E-state index in [0.717, 1.165) is 6.54 Å². The van der Waals surface area contributed by atoms with Crippen molar-refractivity contribution in [2.45, 2.75) is 6.92 Å². The van der Waals surface area contributed by atoms with Crippen molar-refractivity contribution in [3.05, 3.63) is 12.2 Å². The smallest absolute Gasteiger partial charge is 0.102 e. The molecule has 6 N–H and O–H groups in total. The van der Waals surface area contributed by atoms with Crippen molar-refractivity contribution in [3.8, 4) is 0 Å². The molecule has 0 aliphatic carbocycles. The Morgan fingerprint density at radius 1 is 0.692 bits per heavy atom. The molecule has 10 heteroatoms. The lowest BCUT2D eigenvalue weighted by atomic mass is 10.3. The highest BCUT2D eigenvalue weighted by molar-refractivity contribution is 5.85. The number of hydrogen-bond acceptors (Lipinski definition) is 7. The van der Waals surface area contributed by atoms with E-state index < -0.39 is 0 Å². The molecular weight excluding hydrogens is 387 g/mol. The molecule has 0 heterocycles. The summed E-state index contributed by atoms with van der Waals surface area (Å²) in [6.07, 6.45) is 3.94. The average Bonchev–Trinajstić information content (AvgIpc) is 2.55. The van der Waals surface area contributed by atoms with Crippen molar-refractivity contribution in [2.24, 2.45) is 0 Å². The first-order valence-corrected chi connectivity index (χ1v) is 8.43. The minimum Gasteiger partial charge on any atom is -1.00 e. The number of nitrogens with zero attached hydrogens (tertiary/aromatic N) is 2. The Bertz CT molecular complexity index is 258. The number of quaternary nitrogens is 1. The molecule has 0 aromatic heterocycles. The van der Waals surface area contributed by atoms with E-state index >= 15 is 0 Å². The Morgan fingerprint density at radius 2 is 1.04 bits per heavy atom. The predicted molar refractivity (Wildman–Crippen MR) is 101 cm³/mol. The van der Waals surface area contributed by atoms with Crippen LogP contribution in [0.4, 0.5) is 0 Å². The molecular formula is C16H38Cl2N2O6. The number of aliphatic hydroxyl groups excluding tert-OH is 6. The minimum atomic E-state index is 0. The first-order valence-electron chi connectivity index (χ1n) is 8.43. The van der Waals surface area contributed by atoms with E-state index in [0.29, 0.717) is 43.8 Å². The van der Waals surface area contributed by atoms with Gasteiger partial charge in [0.25, 0.3) is 0 Å². The normalized spacial score (nSPS) is 10.9. The van der Waals surface area contributed by atoms with Crippen LogP contribution in [0.15, 0.2) is 12.2 Å². The maximum atomic E-state index is 8.95. The molecule has 0 unspecified atom stereocenters.